The van der Waals surface area contributed by atoms with E-state index in [0.29, 0.717) is 6.42 Å². The van der Waals surface area contributed by atoms with Gasteiger partial charge < -0.3 is 53.1 Å². The third-order valence-electron chi connectivity index (χ3n) is 13.8. The van der Waals surface area contributed by atoms with Gasteiger partial charge in [-0.1, -0.05) is 182 Å². The Bertz CT molecular complexity index is 2810. The van der Waals surface area contributed by atoms with Crippen molar-refractivity contribution in [1.29, 1.82) is 5.26 Å². The summed E-state index contributed by atoms with van der Waals surface area (Å²) in [6.07, 6.45) is -10.1. The number of benzene rings is 6. The highest BCUT2D eigenvalue weighted by molar-refractivity contribution is 7.48. The van der Waals surface area contributed by atoms with Crippen molar-refractivity contribution in [3.8, 4) is 6.07 Å². The first kappa shape index (κ1) is 62.0. The van der Waals surface area contributed by atoms with E-state index in [1.165, 1.54) is 0 Å². The number of aliphatic hydroxyl groups is 1. The fourth-order valence-electron chi connectivity index (χ4n) is 9.54. The van der Waals surface area contributed by atoms with Crippen LogP contribution in [-0.4, -0.2) is 119 Å². The van der Waals surface area contributed by atoms with Gasteiger partial charge >= 0.3 is 7.82 Å². The molecule has 2 aliphatic rings. The molecule has 0 spiro atoms. The number of nitrogens with zero attached hydrogens (tertiary/aromatic N) is 1. The summed E-state index contributed by atoms with van der Waals surface area (Å²) in [6, 6.07) is 59.7. The number of phosphoric acid groups is 1. The average molecular weight is 1140 g/mol. The number of hydrogen-bond acceptors (Lipinski definition) is 16. The van der Waals surface area contributed by atoms with Crippen molar-refractivity contribution < 1.29 is 70.7 Å². The SMILES string of the molecule is CNC(=O)CCCOC[C@@H]1O[C@H](COCc2ccccc2)[C@@H](OCc2ccccc2)[C@H](OCc2ccccc2)[C@H]1OP(=O)(OCCC#N)OC[C@@H]1O[C@H](COCc2ccccc2)[C@@H](OCc2ccccc2)[C@H](O)[C@H]1OCc1ccccc1. The minimum absolute atomic E-state index is 0.00854. The second kappa shape index (κ2) is 33.9. The van der Waals surface area contributed by atoms with E-state index in [1.807, 2.05) is 182 Å². The van der Waals surface area contributed by atoms with Crippen LogP contribution in [0.3, 0.4) is 0 Å². The summed E-state index contributed by atoms with van der Waals surface area (Å²) >= 11 is 0. The molecule has 2 heterocycles. The predicted molar refractivity (Wildman–Crippen MR) is 304 cm³/mol. The second-order valence-corrected chi connectivity index (χ2v) is 21.5. The fourth-order valence-corrected chi connectivity index (χ4v) is 10.9. The first-order chi connectivity index (χ1) is 40.3. The van der Waals surface area contributed by atoms with Gasteiger partial charge in [0.25, 0.3) is 0 Å². The van der Waals surface area contributed by atoms with E-state index in [-0.39, 0.29) is 91.4 Å². The molecule has 18 heteroatoms. The van der Waals surface area contributed by atoms with Crippen molar-refractivity contribution in [2.45, 2.75) is 120 Å². The van der Waals surface area contributed by atoms with Gasteiger partial charge in [-0.3, -0.25) is 18.4 Å². The van der Waals surface area contributed by atoms with E-state index in [0.717, 1.165) is 33.4 Å². The van der Waals surface area contributed by atoms with Crippen LogP contribution in [0.25, 0.3) is 0 Å². The van der Waals surface area contributed by atoms with Crippen molar-refractivity contribution in [2.24, 2.45) is 0 Å². The lowest BCUT2D eigenvalue weighted by atomic mass is 9.94. The number of hydrogen-bond donors (Lipinski definition) is 2. The largest absolute Gasteiger partial charge is 0.475 e. The van der Waals surface area contributed by atoms with Crippen LogP contribution >= 0.6 is 7.82 Å². The third kappa shape index (κ3) is 19.8. The molecule has 2 fully saturated rings. The molecule has 436 valence electrons. The highest BCUT2D eigenvalue weighted by Crippen LogP contribution is 2.53. The van der Waals surface area contributed by atoms with E-state index in [2.05, 4.69) is 11.4 Å². The van der Waals surface area contributed by atoms with Crippen LogP contribution < -0.4 is 5.32 Å². The van der Waals surface area contributed by atoms with E-state index in [9.17, 15) is 15.2 Å². The predicted octanol–water partition coefficient (Wildman–Crippen LogP) is 9.64. The number of rotatable bonds is 34. The monoisotopic (exact) mass is 1140 g/mol. The van der Waals surface area contributed by atoms with Gasteiger partial charge in [0.1, 0.15) is 61.0 Å². The van der Waals surface area contributed by atoms with Crippen molar-refractivity contribution in [3.05, 3.63) is 215 Å². The molecule has 2 N–H and O–H groups in total. The van der Waals surface area contributed by atoms with Gasteiger partial charge in [0.2, 0.25) is 5.91 Å². The Kier molecular flexibility index (Phi) is 25.7. The lowest BCUT2D eigenvalue weighted by Crippen LogP contribution is -2.62. The number of phosphoric ester groups is 1. The summed E-state index contributed by atoms with van der Waals surface area (Å²) in [5.74, 6) is -0.141. The summed E-state index contributed by atoms with van der Waals surface area (Å²) in [7, 11) is -3.29. The highest BCUT2D eigenvalue weighted by Gasteiger charge is 2.53. The molecule has 17 nitrogen and oxygen atoms in total. The van der Waals surface area contributed by atoms with E-state index < -0.39 is 75.5 Å². The van der Waals surface area contributed by atoms with Gasteiger partial charge in [-0.05, 0) is 39.8 Å². The minimum atomic E-state index is -4.86. The summed E-state index contributed by atoms with van der Waals surface area (Å²) in [4.78, 5) is 12.2. The van der Waals surface area contributed by atoms with Crippen molar-refractivity contribution in [2.75, 3.05) is 46.7 Å². The van der Waals surface area contributed by atoms with E-state index in [4.69, 9.17) is 56.2 Å². The molecule has 2 saturated heterocycles. The van der Waals surface area contributed by atoms with Gasteiger partial charge in [0.05, 0.1) is 85.2 Å². The number of ether oxygens (including phenoxy) is 9. The maximum absolute atomic E-state index is 15.8. The molecular weight excluding hydrogens is 1070 g/mol. The summed E-state index contributed by atoms with van der Waals surface area (Å²) in [5.41, 5.74) is 5.29. The molecule has 0 bridgehead atoms. The Morgan fingerprint density at radius 3 is 1.28 bits per heavy atom. The minimum Gasteiger partial charge on any atom is -0.387 e. The molecule has 8 rings (SSSR count). The lowest BCUT2D eigenvalue weighted by molar-refractivity contribution is -0.269. The Hall–Kier alpha value is -6.01. The molecule has 2 aliphatic heterocycles. The molecule has 0 aromatic heterocycles. The van der Waals surface area contributed by atoms with Crippen LogP contribution in [0.15, 0.2) is 182 Å². The zero-order valence-corrected chi connectivity index (χ0v) is 47.2. The molecular formula is C64H75N2O15P. The first-order valence-corrected chi connectivity index (χ1v) is 29.3. The van der Waals surface area contributed by atoms with Crippen LogP contribution in [0, 0.1) is 11.3 Å². The van der Waals surface area contributed by atoms with Crippen LogP contribution in [-0.2, 0) is 105 Å². The zero-order valence-electron chi connectivity index (χ0n) is 46.3. The standard InChI is InChI=1S/C64H75N2O15P/c1-66-58(67)34-20-36-70-44-56-63(64(76-43-53-32-18-7-19-33-53)62(75-42-52-30-16-6-17-31-52)55(80-56)46-72-39-49-24-10-3-11-25-49)81-82(69,77-37-21-35-65)78-47-57-61(74-41-51-28-14-5-15-29-51)59(68)60(73-40-50-26-12-4-13-27-50)54(79-57)45-71-38-48-22-8-2-9-23-48/h2-19,22-33,54-57,59-64,68H,20-21,34,36-47H2,1H3,(H,66,67)/t54-,55-,56+,57+,59+,60-,61+,62-,63+,64+,82?/m1/s1. The van der Waals surface area contributed by atoms with Gasteiger partial charge in [-0.15, -0.1) is 0 Å². The zero-order chi connectivity index (χ0) is 57.0. The first-order valence-electron chi connectivity index (χ1n) is 27.8. The molecule has 82 heavy (non-hydrogen) atoms. The molecule has 11 atom stereocenters. The normalized spacial score (nSPS) is 23.3. The summed E-state index contributed by atoms with van der Waals surface area (Å²) in [5, 5.41) is 24.9. The number of carbonyl (C=O) groups is 1. The third-order valence-corrected chi connectivity index (χ3v) is 15.2. The van der Waals surface area contributed by atoms with Crippen LogP contribution in [0.4, 0.5) is 0 Å². The number of carbonyl (C=O) groups excluding carboxylic acids is 1. The maximum Gasteiger partial charge on any atom is 0.475 e. The maximum atomic E-state index is 15.8. The molecule has 0 saturated carbocycles. The molecule has 1 amide bonds. The number of nitriles is 1. The van der Waals surface area contributed by atoms with Crippen molar-refractivity contribution >= 4 is 13.7 Å². The van der Waals surface area contributed by atoms with Gasteiger partial charge in [0.15, 0.2) is 0 Å². The molecule has 1 unspecified atom stereocenters. The second-order valence-electron chi connectivity index (χ2n) is 19.9. The topological polar surface area (TPSA) is 201 Å². The van der Waals surface area contributed by atoms with Crippen LogP contribution in [0.1, 0.15) is 52.6 Å². The number of nitrogens with one attached hydrogen (secondary N) is 1. The van der Waals surface area contributed by atoms with E-state index in [1.54, 1.807) is 7.05 Å². The van der Waals surface area contributed by atoms with Crippen molar-refractivity contribution in [3.63, 3.8) is 0 Å². The Morgan fingerprint density at radius 1 is 0.488 bits per heavy atom. The van der Waals surface area contributed by atoms with Gasteiger partial charge in [-0.25, -0.2) is 4.57 Å². The smallest absolute Gasteiger partial charge is 0.387 e. The van der Waals surface area contributed by atoms with Crippen LogP contribution in [0.2, 0.25) is 0 Å². The lowest BCUT2D eigenvalue weighted by Gasteiger charge is -2.46. The average Bonchev–Trinajstić information content (AvgIpc) is 3.67. The number of amides is 1. The van der Waals surface area contributed by atoms with Crippen molar-refractivity contribution in [1.82, 2.24) is 5.32 Å². The molecule has 6 aromatic carbocycles. The van der Waals surface area contributed by atoms with E-state index >= 15 is 4.57 Å². The fraction of sp³-hybridized carbons (Fsp3) is 0.406. The Balaban J connectivity index is 1.12. The summed E-state index contributed by atoms with van der Waals surface area (Å²) in [6.45, 7) is 0.173. The molecule has 6 aromatic rings. The Labute approximate surface area is 481 Å². The number of aliphatic hydroxyl groups excluding tert-OH is 1. The molecule has 0 radical (unpaired) electrons. The van der Waals surface area contributed by atoms with Crippen LogP contribution in [0.5, 0.6) is 0 Å². The molecule has 0 aliphatic carbocycles. The summed E-state index contributed by atoms with van der Waals surface area (Å²) < 4.78 is 94.5. The quantitative estimate of drug-likeness (QED) is 0.0285. The van der Waals surface area contributed by atoms with Gasteiger partial charge in [0, 0.05) is 20.1 Å². The van der Waals surface area contributed by atoms with Gasteiger partial charge in [-0.2, -0.15) is 5.26 Å². The highest BCUT2D eigenvalue weighted by atomic mass is 31.2. The Morgan fingerprint density at radius 2 is 0.854 bits per heavy atom.